The van der Waals surface area contributed by atoms with Gasteiger partial charge in [0.2, 0.25) is 0 Å². The first-order valence-corrected chi connectivity index (χ1v) is 6.57. The molecule has 1 aliphatic heterocycles. The third kappa shape index (κ3) is 1.75. The van der Waals surface area contributed by atoms with Crippen molar-refractivity contribution in [1.29, 1.82) is 0 Å². The predicted molar refractivity (Wildman–Crippen MR) is 80.2 cm³/mol. The van der Waals surface area contributed by atoms with Gasteiger partial charge >= 0.3 is 0 Å². The second-order valence-corrected chi connectivity index (χ2v) is 5.27. The Kier molecular flexibility index (Phi) is 2.67. The van der Waals surface area contributed by atoms with Crippen LogP contribution in [0.25, 0.3) is 6.08 Å². The van der Waals surface area contributed by atoms with Gasteiger partial charge in [0.25, 0.3) is 0 Å². The maximum Gasteiger partial charge on any atom is 0.136 e. The van der Waals surface area contributed by atoms with Crippen molar-refractivity contribution in [2.45, 2.75) is 19.4 Å². The van der Waals surface area contributed by atoms with Crippen molar-refractivity contribution in [2.24, 2.45) is 0 Å². The van der Waals surface area contributed by atoms with E-state index in [-0.39, 0.29) is 5.54 Å². The average Bonchev–Trinajstić information content (AvgIpc) is 2.44. The molecule has 0 aliphatic carbocycles. The third-order valence-corrected chi connectivity index (χ3v) is 4.11. The average molecular weight is 250 g/mol. The number of likely N-dealkylation sites (N-methyl/N-ethyl adjacent to an activating group) is 1. The number of hydrogen-bond acceptors (Lipinski definition) is 2. The molecule has 0 radical (unpaired) electrons. The Balaban J connectivity index is 2.16. The van der Waals surface area contributed by atoms with E-state index in [4.69, 9.17) is 0 Å². The van der Waals surface area contributed by atoms with Crippen molar-refractivity contribution in [3.63, 3.8) is 0 Å². The Morgan fingerprint density at radius 2 is 1.89 bits per heavy atom. The summed E-state index contributed by atoms with van der Waals surface area (Å²) in [5.41, 5.74) is 3.66. The molecule has 2 nitrogen and oxygen atoms in total. The molecule has 2 aromatic rings. The lowest BCUT2D eigenvalue weighted by molar-refractivity contribution is 0.568. The van der Waals surface area contributed by atoms with Crippen LogP contribution in [-0.2, 0) is 5.54 Å². The summed E-state index contributed by atoms with van der Waals surface area (Å²) in [6, 6.07) is 12.6. The van der Waals surface area contributed by atoms with Crippen LogP contribution in [0.2, 0.25) is 0 Å². The Morgan fingerprint density at radius 1 is 1.11 bits per heavy atom. The van der Waals surface area contributed by atoms with E-state index in [2.05, 4.69) is 73.3 Å². The molecule has 96 valence electrons. The molecule has 19 heavy (non-hydrogen) atoms. The molecule has 1 atom stereocenters. The SMILES string of the molecule is Cc1ccccc1C1(C)C=Cc2cccnc2N1C. The molecule has 1 aromatic heterocycles. The fourth-order valence-corrected chi connectivity index (χ4v) is 2.81. The fraction of sp³-hybridized carbons (Fsp3) is 0.235. The van der Waals surface area contributed by atoms with Gasteiger partial charge in [-0.05, 0) is 37.1 Å². The molecule has 0 saturated heterocycles. The Labute approximate surface area is 114 Å². The van der Waals surface area contributed by atoms with E-state index in [0.717, 1.165) is 5.82 Å². The van der Waals surface area contributed by atoms with Crippen LogP contribution in [0, 0.1) is 6.92 Å². The summed E-state index contributed by atoms with van der Waals surface area (Å²) in [5.74, 6) is 1.04. The first-order chi connectivity index (χ1) is 9.13. The number of nitrogens with zero attached hydrogens (tertiary/aromatic N) is 2. The van der Waals surface area contributed by atoms with E-state index in [0.29, 0.717) is 0 Å². The lowest BCUT2D eigenvalue weighted by Crippen LogP contribution is -2.42. The smallest absolute Gasteiger partial charge is 0.136 e. The Morgan fingerprint density at radius 3 is 2.68 bits per heavy atom. The normalized spacial score (nSPS) is 21.3. The van der Waals surface area contributed by atoms with Gasteiger partial charge in [-0.25, -0.2) is 4.98 Å². The highest BCUT2D eigenvalue weighted by molar-refractivity contribution is 5.71. The number of anilines is 1. The van der Waals surface area contributed by atoms with E-state index >= 15 is 0 Å². The first-order valence-electron chi connectivity index (χ1n) is 6.57. The summed E-state index contributed by atoms with van der Waals surface area (Å²) >= 11 is 0. The quantitative estimate of drug-likeness (QED) is 0.766. The molecule has 1 aromatic carbocycles. The van der Waals surface area contributed by atoms with Gasteiger partial charge in [0.05, 0.1) is 5.54 Å². The maximum atomic E-state index is 4.53. The van der Waals surface area contributed by atoms with Gasteiger partial charge in [-0.2, -0.15) is 0 Å². The second-order valence-electron chi connectivity index (χ2n) is 5.27. The van der Waals surface area contributed by atoms with Crippen LogP contribution in [-0.4, -0.2) is 12.0 Å². The van der Waals surface area contributed by atoms with Gasteiger partial charge in [-0.1, -0.05) is 36.4 Å². The third-order valence-electron chi connectivity index (χ3n) is 4.11. The second kappa shape index (κ2) is 4.23. The minimum absolute atomic E-state index is 0.146. The van der Waals surface area contributed by atoms with Crippen LogP contribution >= 0.6 is 0 Å². The van der Waals surface area contributed by atoms with Gasteiger partial charge in [-0.3, -0.25) is 0 Å². The number of rotatable bonds is 1. The summed E-state index contributed by atoms with van der Waals surface area (Å²) in [6.45, 7) is 4.40. The largest absolute Gasteiger partial charge is 0.346 e. The number of pyridine rings is 1. The van der Waals surface area contributed by atoms with Crippen molar-refractivity contribution < 1.29 is 0 Å². The standard InChI is InChI=1S/C17H18N2/c1-13-7-4-5-9-15(13)17(2)11-10-14-8-6-12-18-16(14)19(17)3/h4-12H,1-3H3. The van der Waals surface area contributed by atoms with E-state index in [1.165, 1.54) is 16.7 Å². The van der Waals surface area contributed by atoms with Crippen LogP contribution in [0.15, 0.2) is 48.7 Å². The summed E-state index contributed by atoms with van der Waals surface area (Å²) in [5, 5.41) is 0. The van der Waals surface area contributed by atoms with Crippen molar-refractivity contribution in [1.82, 2.24) is 4.98 Å². The van der Waals surface area contributed by atoms with Crippen molar-refractivity contribution >= 4 is 11.9 Å². The van der Waals surface area contributed by atoms with Gasteiger partial charge < -0.3 is 4.90 Å². The highest BCUT2D eigenvalue weighted by atomic mass is 15.2. The van der Waals surface area contributed by atoms with Crippen molar-refractivity contribution in [3.05, 3.63) is 65.4 Å². The van der Waals surface area contributed by atoms with Crippen LogP contribution in [0.5, 0.6) is 0 Å². The predicted octanol–water partition coefficient (Wildman–Crippen LogP) is 3.77. The minimum atomic E-state index is -0.146. The highest BCUT2D eigenvalue weighted by Crippen LogP contribution is 2.39. The molecular weight excluding hydrogens is 232 g/mol. The highest BCUT2D eigenvalue weighted by Gasteiger charge is 2.34. The molecule has 2 heteroatoms. The van der Waals surface area contributed by atoms with Crippen LogP contribution in [0.4, 0.5) is 5.82 Å². The van der Waals surface area contributed by atoms with E-state index < -0.39 is 0 Å². The summed E-state index contributed by atoms with van der Waals surface area (Å²) < 4.78 is 0. The zero-order valence-electron chi connectivity index (χ0n) is 11.6. The molecule has 0 spiro atoms. The molecular formula is C17H18N2. The van der Waals surface area contributed by atoms with Crippen molar-refractivity contribution in [3.8, 4) is 0 Å². The maximum absolute atomic E-state index is 4.53. The zero-order chi connectivity index (χ0) is 13.5. The summed E-state index contributed by atoms with van der Waals surface area (Å²) in [7, 11) is 2.11. The lowest BCUT2D eigenvalue weighted by atomic mass is 9.84. The fourth-order valence-electron chi connectivity index (χ4n) is 2.81. The zero-order valence-corrected chi connectivity index (χ0v) is 11.6. The molecule has 0 fully saturated rings. The van der Waals surface area contributed by atoms with E-state index in [9.17, 15) is 0 Å². The Hall–Kier alpha value is -2.09. The number of aromatic nitrogens is 1. The van der Waals surface area contributed by atoms with E-state index in [1.54, 1.807) is 0 Å². The van der Waals surface area contributed by atoms with Crippen molar-refractivity contribution in [2.75, 3.05) is 11.9 Å². The molecule has 1 aliphatic rings. The van der Waals surface area contributed by atoms with Gasteiger partial charge in [-0.15, -0.1) is 0 Å². The van der Waals surface area contributed by atoms with Crippen LogP contribution in [0.3, 0.4) is 0 Å². The number of aryl methyl sites for hydroxylation is 1. The number of benzene rings is 1. The molecule has 3 rings (SSSR count). The number of hydrogen-bond donors (Lipinski definition) is 0. The van der Waals surface area contributed by atoms with Gasteiger partial charge in [0.15, 0.2) is 0 Å². The molecule has 0 bridgehead atoms. The molecule has 0 N–H and O–H groups in total. The van der Waals surface area contributed by atoms with Gasteiger partial charge in [0.1, 0.15) is 5.82 Å². The van der Waals surface area contributed by atoms with E-state index in [1.807, 2.05) is 12.3 Å². The summed E-state index contributed by atoms with van der Waals surface area (Å²) in [6.07, 6.45) is 6.29. The lowest BCUT2D eigenvalue weighted by Gasteiger charge is -2.41. The minimum Gasteiger partial charge on any atom is -0.346 e. The monoisotopic (exact) mass is 250 g/mol. The Bertz CT molecular complexity index is 645. The summed E-state index contributed by atoms with van der Waals surface area (Å²) in [4.78, 5) is 6.78. The molecule has 0 saturated carbocycles. The topological polar surface area (TPSA) is 16.1 Å². The molecule has 2 heterocycles. The van der Waals surface area contributed by atoms with Crippen LogP contribution < -0.4 is 4.90 Å². The van der Waals surface area contributed by atoms with Crippen LogP contribution in [0.1, 0.15) is 23.6 Å². The number of fused-ring (bicyclic) bond motifs is 1. The van der Waals surface area contributed by atoms with Gasteiger partial charge in [0, 0.05) is 18.8 Å². The molecule has 1 unspecified atom stereocenters. The molecule has 0 amide bonds. The first kappa shape index (κ1) is 12.0.